The second-order valence-corrected chi connectivity index (χ2v) is 8.17. The number of aromatic nitrogens is 2. The molecule has 3 aromatic rings. The monoisotopic (exact) mass is 431 g/mol. The maximum Gasteiger partial charge on any atom is 0.257 e. The number of hydrogen-bond acceptors (Lipinski definition) is 3. The van der Waals surface area contributed by atoms with Crippen molar-refractivity contribution in [3.8, 4) is 0 Å². The van der Waals surface area contributed by atoms with Gasteiger partial charge in [-0.25, -0.2) is 0 Å². The van der Waals surface area contributed by atoms with E-state index in [4.69, 9.17) is 4.99 Å². The Morgan fingerprint density at radius 3 is 2.34 bits per heavy atom. The molecule has 0 aliphatic carbocycles. The van der Waals surface area contributed by atoms with Gasteiger partial charge in [0, 0.05) is 30.0 Å². The van der Waals surface area contributed by atoms with Crippen LogP contribution in [0.5, 0.6) is 0 Å². The summed E-state index contributed by atoms with van der Waals surface area (Å²) in [6, 6.07) is 17.4. The first-order chi connectivity index (χ1) is 15.4. The van der Waals surface area contributed by atoms with Crippen molar-refractivity contribution < 1.29 is 4.79 Å². The molecule has 0 saturated carbocycles. The van der Waals surface area contributed by atoms with E-state index >= 15 is 0 Å². The molecule has 1 aromatic heterocycles. The average Bonchev–Trinajstić information content (AvgIpc) is 3.07. The first kappa shape index (κ1) is 23.3. The molecule has 0 atom stereocenters. The standard InChI is InChI=1S/C26H33N5O/c1-6-31-20(5)24(19(4)30-31)16-17-27-26(29-25(32)22-10-8-7-9-11-22)28-23-14-12-21(13-15-23)18(2)3/h7-15,18H,6,16-17H2,1-5H3,(H2,27,28,29,32). The number of aliphatic imine (C=N–C) groups is 1. The number of guanidine groups is 1. The van der Waals surface area contributed by atoms with E-state index in [1.807, 2.05) is 41.9 Å². The van der Waals surface area contributed by atoms with Crippen molar-refractivity contribution in [3.05, 3.63) is 82.7 Å². The summed E-state index contributed by atoms with van der Waals surface area (Å²) < 4.78 is 2.01. The maximum absolute atomic E-state index is 12.7. The molecule has 0 saturated heterocycles. The third-order valence-corrected chi connectivity index (χ3v) is 5.57. The molecule has 2 aromatic carbocycles. The predicted octanol–water partition coefficient (Wildman–Crippen LogP) is 5.08. The van der Waals surface area contributed by atoms with Crippen LogP contribution in [0.3, 0.4) is 0 Å². The highest BCUT2D eigenvalue weighted by atomic mass is 16.1. The van der Waals surface area contributed by atoms with E-state index in [0.29, 0.717) is 24.0 Å². The molecule has 0 aliphatic rings. The molecule has 6 heteroatoms. The summed E-state index contributed by atoms with van der Waals surface area (Å²) in [5.41, 5.74) is 6.16. The third kappa shape index (κ3) is 5.84. The van der Waals surface area contributed by atoms with E-state index < -0.39 is 0 Å². The Balaban J connectivity index is 1.77. The van der Waals surface area contributed by atoms with E-state index in [1.165, 1.54) is 16.8 Å². The predicted molar refractivity (Wildman–Crippen MR) is 131 cm³/mol. The van der Waals surface area contributed by atoms with Gasteiger partial charge in [0.15, 0.2) is 0 Å². The second-order valence-electron chi connectivity index (χ2n) is 8.17. The van der Waals surface area contributed by atoms with Crippen LogP contribution in [0, 0.1) is 13.8 Å². The summed E-state index contributed by atoms with van der Waals surface area (Å²) in [4.78, 5) is 17.4. The number of carbonyl (C=O) groups is 1. The zero-order valence-electron chi connectivity index (χ0n) is 19.6. The van der Waals surface area contributed by atoms with E-state index in [2.05, 4.69) is 55.6 Å². The van der Waals surface area contributed by atoms with Crippen molar-refractivity contribution in [1.29, 1.82) is 0 Å². The number of rotatable bonds is 7. The van der Waals surface area contributed by atoms with Crippen LogP contribution in [-0.2, 0) is 13.0 Å². The molecule has 0 radical (unpaired) electrons. The summed E-state index contributed by atoms with van der Waals surface area (Å²) in [5.74, 6) is 0.710. The minimum absolute atomic E-state index is 0.193. The number of aryl methyl sites for hydroxylation is 2. The van der Waals surface area contributed by atoms with Gasteiger partial charge in [-0.05, 0) is 68.5 Å². The fourth-order valence-electron chi connectivity index (χ4n) is 3.65. The number of anilines is 1. The normalized spacial score (nSPS) is 11.6. The van der Waals surface area contributed by atoms with Crippen LogP contribution in [-0.4, -0.2) is 28.2 Å². The molecule has 0 fully saturated rings. The Kier molecular flexibility index (Phi) is 7.82. The minimum Gasteiger partial charge on any atom is -0.326 e. The van der Waals surface area contributed by atoms with Crippen LogP contribution in [0.25, 0.3) is 0 Å². The van der Waals surface area contributed by atoms with Crippen molar-refractivity contribution in [2.45, 2.75) is 53.5 Å². The largest absolute Gasteiger partial charge is 0.326 e. The molecule has 1 heterocycles. The van der Waals surface area contributed by atoms with E-state index in [9.17, 15) is 4.79 Å². The topological polar surface area (TPSA) is 71.3 Å². The highest BCUT2D eigenvalue weighted by Crippen LogP contribution is 2.17. The average molecular weight is 432 g/mol. The second kappa shape index (κ2) is 10.8. The van der Waals surface area contributed by atoms with Gasteiger partial charge in [-0.3, -0.25) is 19.8 Å². The Morgan fingerprint density at radius 1 is 1.06 bits per heavy atom. The van der Waals surface area contributed by atoms with Crippen LogP contribution in [0.2, 0.25) is 0 Å². The molecule has 3 rings (SSSR count). The van der Waals surface area contributed by atoms with Gasteiger partial charge in [0.05, 0.1) is 5.69 Å². The quantitative estimate of drug-likeness (QED) is 0.405. The number of nitrogens with zero attached hydrogens (tertiary/aromatic N) is 3. The molecule has 0 unspecified atom stereocenters. The van der Waals surface area contributed by atoms with Gasteiger partial charge in [0.25, 0.3) is 5.91 Å². The van der Waals surface area contributed by atoms with Crippen molar-refractivity contribution in [2.24, 2.45) is 4.99 Å². The fourth-order valence-corrected chi connectivity index (χ4v) is 3.65. The van der Waals surface area contributed by atoms with Crippen LogP contribution < -0.4 is 10.6 Å². The van der Waals surface area contributed by atoms with Gasteiger partial charge in [0.1, 0.15) is 0 Å². The molecule has 168 valence electrons. The molecule has 6 nitrogen and oxygen atoms in total. The molecule has 32 heavy (non-hydrogen) atoms. The lowest BCUT2D eigenvalue weighted by Crippen LogP contribution is -2.36. The zero-order valence-corrected chi connectivity index (χ0v) is 19.6. The number of nitrogens with one attached hydrogen (secondary N) is 2. The Labute approximate surface area is 190 Å². The first-order valence-electron chi connectivity index (χ1n) is 11.2. The molecular formula is C26H33N5O. The minimum atomic E-state index is -0.193. The first-order valence-corrected chi connectivity index (χ1v) is 11.2. The highest BCUT2D eigenvalue weighted by molar-refractivity contribution is 6.09. The van der Waals surface area contributed by atoms with Crippen LogP contribution in [0.1, 0.15) is 59.6 Å². The van der Waals surface area contributed by atoms with E-state index in [-0.39, 0.29) is 5.91 Å². The van der Waals surface area contributed by atoms with E-state index in [1.54, 1.807) is 12.1 Å². The number of benzene rings is 2. The summed E-state index contributed by atoms with van der Waals surface area (Å²) in [7, 11) is 0. The van der Waals surface area contributed by atoms with Crippen molar-refractivity contribution in [3.63, 3.8) is 0 Å². The van der Waals surface area contributed by atoms with Crippen molar-refractivity contribution >= 4 is 17.6 Å². The summed E-state index contributed by atoms with van der Waals surface area (Å²) in [6.07, 6.45) is 0.760. The maximum atomic E-state index is 12.7. The molecule has 1 amide bonds. The van der Waals surface area contributed by atoms with Crippen molar-refractivity contribution in [1.82, 2.24) is 15.1 Å². The van der Waals surface area contributed by atoms with Crippen LogP contribution in [0.15, 0.2) is 59.6 Å². The van der Waals surface area contributed by atoms with Gasteiger partial charge in [-0.1, -0.05) is 44.2 Å². The fraction of sp³-hybridized carbons (Fsp3) is 0.346. The number of amides is 1. The molecular weight excluding hydrogens is 398 g/mol. The molecule has 0 spiro atoms. The van der Waals surface area contributed by atoms with Gasteiger partial charge in [-0.15, -0.1) is 0 Å². The summed E-state index contributed by atoms with van der Waals surface area (Å²) >= 11 is 0. The van der Waals surface area contributed by atoms with Gasteiger partial charge < -0.3 is 5.32 Å². The Hall–Kier alpha value is -3.41. The summed E-state index contributed by atoms with van der Waals surface area (Å²) in [6.45, 7) is 11.9. The van der Waals surface area contributed by atoms with Crippen LogP contribution in [0.4, 0.5) is 5.69 Å². The van der Waals surface area contributed by atoms with E-state index in [0.717, 1.165) is 24.3 Å². The lowest BCUT2D eigenvalue weighted by atomic mass is 10.0. The number of carbonyl (C=O) groups excluding carboxylic acids is 1. The third-order valence-electron chi connectivity index (χ3n) is 5.57. The van der Waals surface area contributed by atoms with Gasteiger partial charge in [-0.2, -0.15) is 5.10 Å². The highest BCUT2D eigenvalue weighted by Gasteiger charge is 2.12. The zero-order chi connectivity index (χ0) is 23.1. The van der Waals surface area contributed by atoms with Crippen LogP contribution >= 0.6 is 0 Å². The number of hydrogen-bond donors (Lipinski definition) is 2. The Bertz CT molecular complexity index is 1070. The SMILES string of the molecule is CCn1nc(C)c(CCN=C(NC(=O)c2ccccc2)Nc2ccc(C(C)C)cc2)c1C. The molecule has 0 aliphatic heterocycles. The lowest BCUT2D eigenvalue weighted by molar-refractivity contribution is 0.0977. The van der Waals surface area contributed by atoms with Gasteiger partial charge >= 0.3 is 0 Å². The lowest BCUT2D eigenvalue weighted by Gasteiger charge is -2.13. The van der Waals surface area contributed by atoms with Crippen molar-refractivity contribution in [2.75, 3.05) is 11.9 Å². The molecule has 0 bridgehead atoms. The molecule has 2 N–H and O–H groups in total. The smallest absolute Gasteiger partial charge is 0.257 e. The summed E-state index contributed by atoms with van der Waals surface area (Å²) in [5, 5.41) is 10.8. The Morgan fingerprint density at radius 2 is 1.75 bits per heavy atom. The van der Waals surface area contributed by atoms with Gasteiger partial charge in [0.2, 0.25) is 5.96 Å².